The van der Waals surface area contributed by atoms with Crippen LogP contribution in [0.4, 0.5) is 5.95 Å². The van der Waals surface area contributed by atoms with Crippen molar-refractivity contribution in [2.24, 2.45) is 0 Å². The number of aliphatic hydroxyl groups excluding tert-OH is 1. The van der Waals surface area contributed by atoms with Crippen LogP contribution >= 0.6 is 11.6 Å². The van der Waals surface area contributed by atoms with Gasteiger partial charge in [0.1, 0.15) is 0 Å². The minimum atomic E-state index is -0.475. The van der Waals surface area contributed by atoms with Gasteiger partial charge in [-0.25, -0.2) is 0 Å². The van der Waals surface area contributed by atoms with Crippen LogP contribution in [-0.4, -0.2) is 46.9 Å². The van der Waals surface area contributed by atoms with Crippen LogP contribution < -0.4 is 9.64 Å². The van der Waals surface area contributed by atoms with Crippen LogP contribution in [0.2, 0.25) is 5.28 Å². The zero-order valence-corrected chi connectivity index (χ0v) is 9.56. The van der Waals surface area contributed by atoms with Gasteiger partial charge < -0.3 is 14.7 Å². The molecule has 84 valence electrons. The fraction of sp³-hybridized carbons (Fsp3) is 0.625. The van der Waals surface area contributed by atoms with Crippen molar-refractivity contribution >= 4 is 17.5 Å². The van der Waals surface area contributed by atoms with Crippen molar-refractivity contribution in [1.29, 1.82) is 0 Å². The van der Waals surface area contributed by atoms with E-state index >= 15 is 0 Å². The van der Waals surface area contributed by atoms with E-state index in [2.05, 4.69) is 15.0 Å². The zero-order valence-electron chi connectivity index (χ0n) is 8.81. The smallest absolute Gasteiger partial charge is 0.322 e. The predicted octanol–water partition coefficient (Wildman–Crippen LogP) is 0.351. The predicted molar refractivity (Wildman–Crippen MR) is 56.3 cm³/mol. The van der Waals surface area contributed by atoms with Crippen molar-refractivity contribution in [2.45, 2.75) is 13.0 Å². The summed E-state index contributed by atoms with van der Waals surface area (Å²) in [6.07, 6.45) is -0.475. The van der Waals surface area contributed by atoms with Crippen LogP contribution in [0, 0.1) is 0 Å². The molecule has 1 heterocycles. The molecule has 0 spiro atoms. The van der Waals surface area contributed by atoms with Crippen molar-refractivity contribution in [3.63, 3.8) is 0 Å². The summed E-state index contributed by atoms with van der Waals surface area (Å²) < 4.78 is 4.85. The average molecular weight is 233 g/mol. The molecule has 1 aromatic rings. The summed E-state index contributed by atoms with van der Waals surface area (Å²) in [6.45, 7) is 2.08. The number of aliphatic hydroxyl groups is 1. The third-order valence-corrected chi connectivity index (χ3v) is 1.81. The van der Waals surface area contributed by atoms with E-state index in [0.29, 0.717) is 12.5 Å². The molecule has 0 aliphatic carbocycles. The molecule has 0 aliphatic heterocycles. The van der Waals surface area contributed by atoms with E-state index in [4.69, 9.17) is 16.3 Å². The highest BCUT2D eigenvalue weighted by atomic mass is 35.5. The molecule has 0 saturated heterocycles. The molecular formula is C8H13ClN4O2. The lowest BCUT2D eigenvalue weighted by molar-refractivity contribution is 0.201. The molecule has 1 aromatic heterocycles. The van der Waals surface area contributed by atoms with Crippen LogP contribution in [0.25, 0.3) is 0 Å². The summed E-state index contributed by atoms with van der Waals surface area (Å²) in [4.78, 5) is 13.3. The van der Waals surface area contributed by atoms with Crippen molar-refractivity contribution in [2.75, 3.05) is 25.6 Å². The Morgan fingerprint density at radius 2 is 2.13 bits per heavy atom. The molecule has 1 rings (SSSR count). The molecule has 0 aliphatic rings. The molecule has 0 aromatic carbocycles. The van der Waals surface area contributed by atoms with Gasteiger partial charge in [-0.1, -0.05) is 0 Å². The molecule has 0 bridgehead atoms. The zero-order chi connectivity index (χ0) is 11.4. The number of likely N-dealkylation sites (N-methyl/N-ethyl adjacent to an activating group) is 1. The van der Waals surface area contributed by atoms with Crippen molar-refractivity contribution < 1.29 is 9.84 Å². The second-order valence-corrected chi connectivity index (χ2v) is 3.46. The lowest BCUT2D eigenvalue weighted by Gasteiger charge is -2.18. The van der Waals surface area contributed by atoms with Gasteiger partial charge in [0, 0.05) is 13.6 Å². The highest BCUT2D eigenvalue weighted by Crippen LogP contribution is 2.13. The topological polar surface area (TPSA) is 71.4 Å². The molecule has 7 heteroatoms. The first-order valence-corrected chi connectivity index (χ1v) is 4.75. The Labute approximate surface area is 92.9 Å². The van der Waals surface area contributed by atoms with Crippen LogP contribution in [0.15, 0.2) is 0 Å². The van der Waals surface area contributed by atoms with Crippen molar-refractivity contribution in [3.05, 3.63) is 5.28 Å². The molecule has 1 unspecified atom stereocenters. The first-order valence-electron chi connectivity index (χ1n) is 4.37. The minimum Gasteiger partial charge on any atom is -0.467 e. The quantitative estimate of drug-likeness (QED) is 0.808. The second-order valence-electron chi connectivity index (χ2n) is 3.12. The minimum absolute atomic E-state index is 0.0642. The van der Waals surface area contributed by atoms with Gasteiger partial charge in [-0.3, -0.25) is 0 Å². The maximum absolute atomic E-state index is 9.20. The maximum atomic E-state index is 9.20. The van der Waals surface area contributed by atoms with Crippen LogP contribution in [-0.2, 0) is 0 Å². The Hall–Kier alpha value is -1.14. The van der Waals surface area contributed by atoms with E-state index in [0.717, 1.165) is 0 Å². The Morgan fingerprint density at radius 1 is 1.47 bits per heavy atom. The van der Waals surface area contributed by atoms with Gasteiger partial charge in [0.15, 0.2) is 0 Å². The first kappa shape index (κ1) is 11.9. The maximum Gasteiger partial charge on any atom is 0.322 e. The monoisotopic (exact) mass is 232 g/mol. The largest absolute Gasteiger partial charge is 0.467 e. The lowest BCUT2D eigenvalue weighted by Crippen LogP contribution is -2.28. The number of anilines is 1. The number of rotatable bonds is 4. The molecule has 0 saturated carbocycles. The standard InChI is InChI=1S/C8H13ClN4O2/c1-5(14)4-13(2)7-10-6(9)11-8(12-7)15-3/h5,14H,4H2,1-3H3. The van der Waals surface area contributed by atoms with E-state index in [1.54, 1.807) is 18.9 Å². The van der Waals surface area contributed by atoms with Gasteiger partial charge in [0.25, 0.3) is 0 Å². The van der Waals surface area contributed by atoms with E-state index in [-0.39, 0.29) is 11.3 Å². The van der Waals surface area contributed by atoms with Crippen LogP contribution in [0.3, 0.4) is 0 Å². The van der Waals surface area contributed by atoms with E-state index < -0.39 is 6.10 Å². The highest BCUT2D eigenvalue weighted by Gasteiger charge is 2.11. The van der Waals surface area contributed by atoms with Crippen LogP contribution in [0.1, 0.15) is 6.92 Å². The van der Waals surface area contributed by atoms with Gasteiger partial charge in [-0.05, 0) is 18.5 Å². The molecular weight excluding hydrogens is 220 g/mol. The Balaban J connectivity index is 2.88. The first-order chi connectivity index (χ1) is 7.02. The lowest BCUT2D eigenvalue weighted by atomic mass is 10.4. The number of halogens is 1. The molecule has 15 heavy (non-hydrogen) atoms. The van der Waals surface area contributed by atoms with Crippen molar-refractivity contribution in [3.8, 4) is 6.01 Å². The van der Waals surface area contributed by atoms with Gasteiger partial charge >= 0.3 is 6.01 Å². The third-order valence-electron chi connectivity index (χ3n) is 1.64. The fourth-order valence-electron chi connectivity index (χ4n) is 1.06. The summed E-state index contributed by atoms with van der Waals surface area (Å²) in [5, 5.41) is 9.27. The van der Waals surface area contributed by atoms with E-state index in [1.807, 2.05) is 0 Å². The summed E-state index contributed by atoms with van der Waals surface area (Å²) in [5.74, 6) is 0.368. The van der Waals surface area contributed by atoms with Crippen molar-refractivity contribution in [1.82, 2.24) is 15.0 Å². The molecule has 1 atom stereocenters. The van der Waals surface area contributed by atoms with Gasteiger partial charge in [-0.15, -0.1) is 0 Å². The number of methoxy groups -OCH3 is 1. The number of hydrogen-bond donors (Lipinski definition) is 1. The highest BCUT2D eigenvalue weighted by molar-refractivity contribution is 6.28. The average Bonchev–Trinajstić information content (AvgIpc) is 2.15. The summed E-state index contributed by atoms with van der Waals surface area (Å²) in [6, 6.07) is 0.155. The van der Waals surface area contributed by atoms with Crippen LogP contribution in [0.5, 0.6) is 6.01 Å². The molecule has 1 N–H and O–H groups in total. The summed E-state index contributed by atoms with van der Waals surface area (Å²) in [7, 11) is 3.20. The number of aromatic nitrogens is 3. The molecule has 6 nitrogen and oxygen atoms in total. The summed E-state index contributed by atoms with van der Waals surface area (Å²) >= 11 is 5.68. The van der Waals surface area contributed by atoms with E-state index in [9.17, 15) is 5.11 Å². The normalized spacial score (nSPS) is 12.3. The molecule has 0 radical (unpaired) electrons. The SMILES string of the molecule is COc1nc(Cl)nc(N(C)CC(C)O)n1. The molecule has 0 amide bonds. The number of hydrogen-bond acceptors (Lipinski definition) is 6. The number of nitrogens with zero attached hydrogens (tertiary/aromatic N) is 4. The Morgan fingerprint density at radius 3 is 2.67 bits per heavy atom. The Kier molecular flexibility index (Phi) is 4.05. The third kappa shape index (κ3) is 3.49. The number of ether oxygens (including phenoxy) is 1. The van der Waals surface area contributed by atoms with Gasteiger partial charge in [0.05, 0.1) is 13.2 Å². The summed E-state index contributed by atoms with van der Waals surface area (Å²) in [5.41, 5.74) is 0. The van der Waals surface area contributed by atoms with Gasteiger partial charge in [-0.2, -0.15) is 15.0 Å². The van der Waals surface area contributed by atoms with E-state index in [1.165, 1.54) is 7.11 Å². The van der Waals surface area contributed by atoms with Gasteiger partial charge in [0.2, 0.25) is 11.2 Å². The Bertz CT molecular complexity index is 334. The second kappa shape index (κ2) is 5.09. The molecule has 0 fully saturated rings. The fourth-order valence-corrected chi connectivity index (χ4v) is 1.21.